The van der Waals surface area contributed by atoms with Gasteiger partial charge in [0.2, 0.25) is 5.75 Å². The number of carbonyl (C=O) groups is 1. The third-order valence-corrected chi connectivity index (χ3v) is 5.17. The Balaban J connectivity index is 1.75. The number of aromatic nitrogens is 1. The summed E-state index contributed by atoms with van der Waals surface area (Å²) in [7, 11) is 4.62. The van der Waals surface area contributed by atoms with Crippen molar-refractivity contribution in [3.05, 3.63) is 77.9 Å². The van der Waals surface area contributed by atoms with Crippen LogP contribution in [0.5, 0.6) is 23.0 Å². The standard InChI is InChI=1S/C26H23N3O5/c1-32-23-12-17(13-24(33-2)25(23)34-3)22-14-20(19-9-4-5-10-21(19)28-22)26(31)29-27-15-16-7-6-8-18(30)11-16/h4-15,30H,1-3H3,(H,29,31)/b27-15+. The number of methoxy groups -OCH3 is 3. The lowest BCUT2D eigenvalue weighted by molar-refractivity contribution is 0.0956. The van der Waals surface area contributed by atoms with Gasteiger partial charge in [-0.25, -0.2) is 10.4 Å². The highest BCUT2D eigenvalue weighted by molar-refractivity contribution is 6.07. The fourth-order valence-corrected chi connectivity index (χ4v) is 3.57. The van der Waals surface area contributed by atoms with E-state index < -0.39 is 5.91 Å². The summed E-state index contributed by atoms with van der Waals surface area (Å²) < 4.78 is 16.3. The SMILES string of the molecule is COc1cc(-c2cc(C(=O)N/N=C/c3cccc(O)c3)c3ccccc3n2)cc(OC)c1OC. The van der Waals surface area contributed by atoms with Gasteiger partial charge in [-0.3, -0.25) is 4.79 Å². The molecule has 0 saturated heterocycles. The first-order valence-electron chi connectivity index (χ1n) is 10.4. The molecule has 172 valence electrons. The molecule has 0 aliphatic rings. The number of nitrogens with zero attached hydrogens (tertiary/aromatic N) is 2. The van der Waals surface area contributed by atoms with Gasteiger partial charge in [0.05, 0.1) is 44.3 Å². The molecule has 0 saturated carbocycles. The first-order chi connectivity index (χ1) is 16.5. The van der Waals surface area contributed by atoms with Crippen molar-refractivity contribution in [2.75, 3.05) is 21.3 Å². The number of para-hydroxylation sites is 1. The first kappa shape index (κ1) is 22.6. The van der Waals surface area contributed by atoms with Crippen LogP contribution in [0.25, 0.3) is 22.2 Å². The summed E-state index contributed by atoms with van der Waals surface area (Å²) in [6, 6.07) is 19.2. The maximum atomic E-state index is 13.1. The molecule has 4 rings (SSSR count). The second-order valence-electron chi connectivity index (χ2n) is 7.28. The quantitative estimate of drug-likeness (QED) is 0.315. The molecule has 0 bridgehead atoms. The number of hydrazone groups is 1. The Hall–Kier alpha value is -4.59. The minimum absolute atomic E-state index is 0.116. The lowest BCUT2D eigenvalue weighted by Crippen LogP contribution is -2.18. The summed E-state index contributed by atoms with van der Waals surface area (Å²) in [5, 5.41) is 14.3. The summed E-state index contributed by atoms with van der Waals surface area (Å²) in [6.07, 6.45) is 1.46. The van der Waals surface area contributed by atoms with Crippen LogP contribution in [0.3, 0.4) is 0 Å². The normalized spacial score (nSPS) is 10.9. The molecule has 1 aromatic heterocycles. The lowest BCUT2D eigenvalue weighted by atomic mass is 10.0. The Morgan fingerprint density at radius 3 is 2.35 bits per heavy atom. The Morgan fingerprint density at radius 1 is 0.941 bits per heavy atom. The fraction of sp³-hybridized carbons (Fsp3) is 0.115. The molecule has 8 nitrogen and oxygen atoms in total. The first-order valence-corrected chi connectivity index (χ1v) is 10.4. The molecule has 0 radical (unpaired) electrons. The molecule has 4 aromatic rings. The summed E-state index contributed by atoms with van der Waals surface area (Å²) in [6.45, 7) is 0. The van der Waals surface area contributed by atoms with Gasteiger partial charge in [0.25, 0.3) is 5.91 Å². The van der Waals surface area contributed by atoms with Crippen LogP contribution >= 0.6 is 0 Å². The van der Waals surface area contributed by atoms with Gasteiger partial charge in [0, 0.05) is 10.9 Å². The highest BCUT2D eigenvalue weighted by atomic mass is 16.5. The predicted octanol–water partition coefficient (Wildman–Crippen LogP) is 4.40. The van der Waals surface area contributed by atoms with E-state index in [-0.39, 0.29) is 5.75 Å². The maximum absolute atomic E-state index is 13.1. The van der Waals surface area contributed by atoms with E-state index >= 15 is 0 Å². The van der Waals surface area contributed by atoms with E-state index in [0.717, 1.165) is 0 Å². The average molecular weight is 457 g/mol. The third-order valence-electron chi connectivity index (χ3n) is 5.17. The molecule has 8 heteroatoms. The van der Waals surface area contributed by atoms with Crippen LogP contribution < -0.4 is 19.6 Å². The highest BCUT2D eigenvalue weighted by Crippen LogP contribution is 2.41. The topological polar surface area (TPSA) is 102 Å². The molecule has 0 aliphatic heterocycles. The van der Waals surface area contributed by atoms with Gasteiger partial charge in [-0.15, -0.1) is 0 Å². The second-order valence-corrected chi connectivity index (χ2v) is 7.28. The zero-order valence-corrected chi connectivity index (χ0v) is 18.9. The van der Waals surface area contributed by atoms with Crippen molar-refractivity contribution < 1.29 is 24.1 Å². The molecule has 0 aliphatic carbocycles. The van der Waals surface area contributed by atoms with Gasteiger partial charge in [-0.05, 0) is 42.0 Å². The molecule has 0 fully saturated rings. The number of phenols is 1. The summed E-state index contributed by atoms with van der Waals surface area (Å²) >= 11 is 0. The Morgan fingerprint density at radius 2 is 1.68 bits per heavy atom. The van der Waals surface area contributed by atoms with Crippen molar-refractivity contribution in [2.45, 2.75) is 0 Å². The van der Waals surface area contributed by atoms with Gasteiger partial charge in [0.1, 0.15) is 5.75 Å². The van der Waals surface area contributed by atoms with Crippen molar-refractivity contribution in [1.82, 2.24) is 10.4 Å². The lowest BCUT2D eigenvalue weighted by Gasteiger charge is -2.15. The van der Waals surface area contributed by atoms with Crippen molar-refractivity contribution in [3.63, 3.8) is 0 Å². The van der Waals surface area contributed by atoms with Crippen LogP contribution in [0, 0.1) is 0 Å². The molecular formula is C26H23N3O5. The van der Waals surface area contributed by atoms with Crippen molar-refractivity contribution >= 4 is 23.0 Å². The number of aromatic hydroxyl groups is 1. The molecular weight excluding hydrogens is 434 g/mol. The summed E-state index contributed by atoms with van der Waals surface area (Å²) in [5.41, 5.74) is 5.51. The van der Waals surface area contributed by atoms with Crippen LogP contribution in [-0.2, 0) is 0 Å². The number of ether oxygens (including phenoxy) is 3. The largest absolute Gasteiger partial charge is 0.508 e. The number of phenolic OH excluding ortho intramolecular Hbond substituents is 1. The number of carbonyl (C=O) groups excluding carboxylic acids is 1. The predicted molar refractivity (Wildman–Crippen MR) is 130 cm³/mol. The van der Waals surface area contributed by atoms with Crippen molar-refractivity contribution in [2.24, 2.45) is 5.10 Å². The van der Waals surface area contributed by atoms with Crippen molar-refractivity contribution in [1.29, 1.82) is 0 Å². The number of pyridine rings is 1. The van der Waals surface area contributed by atoms with Gasteiger partial charge < -0.3 is 19.3 Å². The van der Waals surface area contributed by atoms with Crippen LogP contribution in [0.1, 0.15) is 15.9 Å². The highest BCUT2D eigenvalue weighted by Gasteiger charge is 2.18. The van der Waals surface area contributed by atoms with Gasteiger partial charge in [-0.1, -0.05) is 30.3 Å². The van der Waals surface area contributed by atoms with Gasteiger partial charge in [-0.2, -0.15) is 5.10 Å². The Kier molecular flexibility index (Phi) is 6.59. The van der Waals surface area contributed by atoms with E-state index in [0.29, 0.717) is 50.5 Å². The van der Waals surface area contributed by atoms with Gasteiger partial charge in [0.15, 0.2) is 11.5 Å². The molecule has 34 heavy (non-hydrogen) atoms. The maximum Gasteiger partial charge on any atom is 0.272 e. The Bertz CT molecular complexity index is 1360. The van der Waals surface area contributed by atoms with Crippen LogP contribution in [0.4, 0.5) is 0 Å². The molecule has 1 amide bonds. The fourth-order valence-electron chi connectivity index (χ4n) is 3.57. The molecule has 3 aromatic carbocycles. The Labute approximate surface area is 196 Å². The van der Waals surface area contributed by atoms with E-state index in [1.54, 1.807) is 42.5 Å². The van der Waals surface area contributed by atoms with Crippen molar-refractivity contribution in [3.8, 4) is 34.3 Å². The molecule has 0 atom stereocenters. The van der Waals surface area contributed by atoms with E-state index in [4.69, 9.17) is 19.2 Å². The van der Waals surface area contributed by atoms with Gasteiger partial charge >= 0.3 is 0 Å². The third kappa shape index (κ3) is 4.61. The molecule has 1 heterocycles. The number of fused-ring (bicyclic) bond motifs is 1. The monoisotopic (exact) mass is 457 g/mol. The zero-order chi connectivity index (χ0) is 24.1. The average Bonchev–Trinajstić information content (AvgIpc) is 2.87. The van der Waals surface area contributed by atoms with E-state index in [2.05, 4.69) is 10.5 Å². The van der Waals surface area contributed by atoms with E-state index in [9.17, 15) is 9.90 Å². The second kappa shape index (κ2) is 9.91. The number of nitrogens with one attached hydrogen (secondary N) is 1. The molecule has 0 spiro atoms. The zero-order valence-electron chi connectivity index (χ0n) is 18.9. The molecule has 0 unspecified atom stereocenters. The number of hydrogen-bond acceptors (Lipinski definition) is 7. The van der Waals surface area contributed by atoms with Crippen LogP contribution in [0.2, 0.25) is 0 Å². The number of rotatable bonds is 7. The number of benzene rings is 3. The van der Waals surface area contributed by atoms with Crippen LogP contribution in [0.15, 0.2) is 71.8 Å². The molecule has 2 N–H and O–H groups in total. The number of hydrogen-bond donors (Lipinski definition) is 2. The van der Waals surface area contributed by atoms with E-state index in [1.165, 1.54) is 27.5 Å². The smallest absolute Gasteiger partial charge is 0.272 e. The minimum Gasteiger partial charge on any atom is -0.508 e. The minimum atomic E-state index is -0.399. The number of amides is 1. The van der Waals surface area contributed by atoms with Crippen LogP contribution in [-0.4, -0.2) is 43.5 Å². The summed E-state index contributed by atoms with van der Waals surface area (Å²) in [5.74, 6) is 1.14. The van der Waals surface area contributed by atoms with E-state index in [1.807, 2.05) is 24.3 Å². The summed E-state index contributed by atoms with van der Waals surface area (Å²) in [4.78, 5) is 17.8.